The van der Waals surface area contributed by atoms with Crippen LogP contribution >= 0.6 is 12.6 Å². The van der Waals surface area contributed by atoms with Crippen LogP contribution in [-0.2, 0) is 0 Å². The number of carbonyl (C=O) groups is 1. The zero-order valence-electron chi connectivity index (χ0n) is 11.0. The fourth-order valence-electron chi connectivity index (χ4n) is 2.39. The van der Waals surface area contributed by atoms with Crippen molar-refractivity contribution in [3.63, 3.8) is 0 Å². The summed E-state index contributed by atoms with van der Waals surface area (Å²) in [5, 5.41) is 0. The zero-order valence-corrected chi connectivity index (χ0v) is 11.9. The number of thiol groups is 1. The summed E-state index contributed by atoms with van der Waals surface area (Å²) >= 11 is 4.36. The summed E-state index contributed by atoms with van der Waals surface area (Å²) in [6.07, 6.45) is 2.24. The maximum atomic E-state index is 12.4. The third kappa shape index (κ3) is 2.87. The molecular formula is C14H20N2OS. The lowest BCUT2D eigenvalue weighted by Crippen LogP contribution is -2.47. The molecule has 1 aliphatic heterocycles. The average molecular weight is 264 g/mol. The van der Waals surface area contributed by atoms with Crippen LogP contribution in [-0.4, -0.2) is 48.9 Å². The molecule has 1 aliphatic rings. The highest BCUT2D eigenvalue weighted by Crippen LogP contribution is 2.20. The largest absolute Gasteiger partial charge is 0.337 e. The molecule has 0 saturated carbocycles. The van der Waals surface area contributed by atoms with Crippen LogP contribution in [0.4, 0.5) is 0 Å². The van der Waals surface area contributed by atoms with Crippen LogP contribution in [0.2, 0.25) is 0 Å². The molecule has 98 valence electrons. The monoisotopic (exact) mass is 264 g/mol. The van der Waals surface area contributed by atoms with Crippen molar-refractivity contribution < 1.29 is 4.79 Å². The summed E-state index contributed by atoms with van der Waals surface area (Å²) in [7, 11) is 4.15. The van der Waals surface area contributed by atoms with E-state index in [1.165, 1.54) is 6.42 Å². The molecule has 1 saturated heterocycles. The number of likely N-dealkylation sites (N-methyl/N-ethyl adjacent to an activating group) is 1. The Bertz CT molecular complexity index is 434. The summed E-state index contributed by atoms with van der Waals surface area (Å²) in [6, 6.07) is 7.97. The lowest BCUT2D eigenvalue weighted by atomic mass is 10.0. The van der Waals surface area contributed by atoms with Gasteiger partial charge in [-0.2, -0.15) is 0 Å². The maximum Gasteiger partial charge on any atom is 0.255 e. The van der Waals surface area contributed by atoms with E-state index in [9.17, 15) is 4.79 Å². The number of amides is 1. The Kier molecular flexibility index (Phi) is 4.30. The van der Waals surface area contributed by atoms with Crippen molar-refractivity contribution in [1.82, 2.24) is 9.80 Å². The predicted octanol–water partition coefficient (Wildman–Crippen LogP) is 2.14. The van der Waals surface area contributed by atoms with E-state index in [1.807, 2.05) is 29.2 Å². The lowest BCUT2D eigenvalue weighted by Gasteiger charge is -2.36. The molecule has 1 unspecified atom stereocenters. The van der Waals surface area contributed by atoms with Crippen LogP contribution in [0, 0.1) is 0 Å². The van der Waals surface area contributed by atoms with E-state index in [0.29, 0.717) is 11.6 Å². The van der Waals surface area contributed by atoms with Gasteiger partial charge >= 0.3 is 0 Å². The minimum atomic E-state index is 0.104. The maximum absolute atomic E-state index is 12.4. The molecule has 0 aromatic heterocycles. The smallest absolute Gasteiger partial charge is 0.255 e. The Morgan fingerprint density at radius 2 is 2.11 bits per heavy atom. The van der Waals surface area contributed by atoms with Crippen molar-refractivity contribution in [1.29, 1.82) is 0 Å². The second kappa shape index (κ2) is 5.76. The predicted molar refractivity (Wildman–Crippen MR) is 76.3 cm³/mol. The van der Waals surface area contributed by atoms with Crippen molar-refractivity contribution in [2.75, 3.05) is 27.2 Å². The van der Waals surface area contributed by atoms with Gasteiger partial charge in [0.2, 0.25) is 0 Å². The van der Waals surface area contributed by atoms with Crippen LogP contribution in [0.1, 0.15) is 23.2 Å². The van der Waals surface area contributed by atoms with Crippen LogP contribution in [0.25, 0.3) is 0 Å². The minimum absolute atomic E-state index is 0.104. The number of rotatable bonds is 2. The van der Waals surface area contributed by atoms with Gasteiger partial charge < -0.3 is 9.80 Å². The minimum Gasteiger partial charge on any atom is -0.337 e. The van der Waals surface area contributed by atoms with Crippen LogP contribution in [0.15, 0.2) is 29.2 Å². The van der Waals surface area contributed by atoms with Gasteiger partial charge in [0, 0.05) is 24.0 Å². The van der Waals surface area contributed by atoms with Crippen molar-refractivity contribution in [3.05, 3.63) is 29.8 Å². The molecule has 4 heteroatoms. The summed E-state index contributed by atoms with van der Waals surface area (Å²) in [4.78, 5) is 17.4. The fourth-order valence-corrected chi connectivity index (χ4v) is 2.64. The van der Waals surface area contributed by atoms with Crippen LogP contribution in [0.3, 0.4) is 0 Å². The van der Waals surface area contributed by atoms with E-state index in [-0.39, 0.29) is 5.91 Å². The van der Waals surface area contributed by atoms with E-state index in [1.54, 1.807) is 0 Å². The van der Waals surface area contributed by atoms with Crippen molar-refractivity contribution >= 4 is 18.5 Å². The Hall–Kier alpha value is -1.00. The van der Waals surface area contributed by atoms with Crippen LogP contribution in [0.5, 0.6) is 0 Å². The van der Waals surface area contributed by atoms with Gasteiger partial charge in [-0.1, -0.05) is 12.1 Å². The number of piperidine rings is 1. The van der Waals surface area contributed by atoms with E-state index in [2.05, 4.69) is 31.6 Å². The number of benzene rings is 1. The molecular weight excluding hydrogens is 244 g/mol. The Morgan fingerprint density at radius 1 is 1.39 bits per heavy atom. The molecule has 1 atom stereocenters. The number of likely N-dealkylation sites (tertiary alicyclic amines) is 1. The molecule has 1 heterocycles. The highest BCUT2D eigenvalue weighted by Gasteiger charge is 2.26. The van der Waals surface area contributed by atoms with E-state index in [0.717, 1.165) is 24.4 Å². The molecule has 0 spiro atoms. The Labute approximate surface area is 114 Å². The normalized spacial score (nSPS) is 20.2. The second-order valence-electron chi connectivity index (χ2n) is 5.03. The number of hydrogen-bond acceptors (Lipinski definition) is 3. The number of nitrogens with zero attached hydrogens (tertiary/aromatic N) is 2. The van der Waals surface area contributed by atoms with Gasteiger partial charge in [-0.15, -0.1) is 12.6 Å². The first-order valence-electron chi connectivity index (χ1n) is 6.33. The van der Waals surface area contributed by atoms with Crippen molar-refractivity contribution in [2.24, 2.45) is 0 Å². The van der Waals surface area contributed by atoms with E-state index in [4.69, 9.17) is 0 Å². The Morgan fingerprint density at radius 3 is 2.78 bits per heavy atom. The topological polar surface area (TPSA) is 23.6 Å². The van der Waals surface area contributed by atoms with Gasteiger partial charge in [-0.05, 0) is 39.1 Å². The van der Waals surface area contributed by atoms with Crippen molar-refractivity contribution in [3.8, 4) is 0 Å². The molecule has 0 radical (unpaired) electrons. The van der Waals surface area contributed by atoms with Crippen LogP contribution < -0.4 is 0 Å². The number of hydrogen-bond donors (Lipinski definition) is 1. The molecule has 1 aromatic rings. The molecule has 3 nitrogen and oxygen atoms in total. The fraction of sp³-hybridized carbons (Fsp3) is 0.500. The standard InChI is InChI=1S/C14H20N2OS/c1-15(2)11-6-5-9-16(10-11)14(17)12-7-3-4-8-13(12)18/h3-4,7-8,11,18H,5-6,9-10H2,1-2H3. The quantitative estimate of drug-likeness (QED) is 0.827. The first-order valence-corrected chi connectivity index (χ1v) is 6.78. The third-order valence-corrected chi connectivity index (χ3v) is 3.94. The molecule has 18 heavy (non-hydrogen) atoms. The van der Waals surface area contributed by atoms with Gasteiger partial charge in [0.15, 0.2) is 0 Å². The molecule has 0 aliphatic carbocycles. The second-order valence-corrected chi connectivity index (χ2v) is 5.51. The first-order chi connectivity index (χ1) is 8.59. The molecule has 1 aromatic carbocycles. The molecule has 2 rings (SSSR count). The number of carbonyl (C=O) groups excluding carboxylic acids is 1. The van der Waals surface area contributed by atoms with Crippen molar-refractivity contribution in [2.45, 2.75) is 23.8 Å². The van der Waals surface area contributed by atoms with Gasteiger partial charge in [0.25, 0.3) is 5.91 Å². The SMILES string of the molecule is CN(C)C1CCCN(C(=O)c2ccccc2S)C1. The van der Waals surface area contributed by atoms with E-state index >= 15 is 0 Å². The van der Waals surface area contributed by atoms with Gasteiger partial charge in [0.1, 0.15) is 0 Å². The Balaban J connectivity index is 2.12. The zero-order chi connectivity index (χ0) is 13.1. The average Bonchev–Trinajstić information content (AvgIpc) is 2.38. The van der Waals surface area contributed by atoms with E-state index < -0.39 is 0 Å². The highest BCUT2D eigenvalue weighted by molar-refractivity contribution is 7.80. The van der Waals surface area contributed by atoms with Gasteiger partial charge in [-0.25, -0.2) is 0 Å². The summed E-state index contributed by atoms with van der Waals surface area (Å²) < 4.78 is 0. The molecule has 0 bridgehead atoms. The van der Waals surface area contributed by atoms with Gasteiger partial charge in [-0.3, -0.25) is 4.79 Å². The first kappa shape index (κ1) is 13.4. The molecule has 1 fully saturated rings. The third-order valence-electron chi connectivity index (χ3n) is 3.55. The summed E-state index contributed by atoms with van der Waals surface area (Å²) in [6.45, 7) is 1.67. The highest BCUT2D eigenvalue weighted by atomic mass is 32.1. The van der Waals surface area contributed by atoms with Gasteiger partial charge in [0.05, 0.1) is 5.56 Å². The molecule has 1 amide bonds. The lowest BCUT2D eigenvalue weighted by molar-refractivity contribution is 0.0632. The molecule has 0 N–H and O–H groups in total. The summed E-state index contributed by atoms with van der Waals surface area (Å²) in [5.41, 5.74) is 0.709. The summed E-state index contributed by atoms with van der Waals surface area (Å²) in [5.74, 6) is 0.104.